The lowest BCUT2D eigenvalue weighted by Gasteiger charge is -2.40. The maximum atomic E-state index is 13.1. The second-order valence-electron chi connectivity index (χ2n) is 20.2. The van der Waals surface area contributed by atoms with Crippen molar-refractivity contribution in [2.45, 2.75) is 263 Å². The Balaban J connectivity index is 2.71. The first-order valence-corrected chi connectivity index (χ1v) is 30.5. The van der Waals surface area contributed by atoms with Gasteiger partial charge < -0.3 is 39.0 Å². The van der Waals surface area contributed by atoms with Crippen LogP contribution in [0, 0.1) is 0 Å². The maximum Gasteiger partial charge on any atom is 0.335 e. The first-order chi connectivity index (χ1) is 38.6. The number of esters is 3. The fraction of sp³-hybridized carbons (Fsp3) is 0.642. The van der Waals surface area contributed by atoms with E-state index in [1.54, 1.807) is 0 Å². The van der Waals surface area contributed by atoms with E-state index in [0.29, 0.717) is 25.7 Å². The highest BCUT2D eigenvalue weighted by molar-refractivity contribution is 5.74. The predicted octanol–water partition coefficient (Wildman–Crippen LogP) is 16.0. The topological polar surface area (TPSA) is 175 Å². The number of unbranched alkanes of at least 4 members (excludes halogenated alkanes) is 16. The highest BCUT2D eigenvalue weighted by Crippen LogP contribution is 2.26. The molecule has 1 fully saturated rings. The molecule has 0 aromatic rings. The smallest absolute Gasteiger partial charge is 0.335 e. The molecule has 1 rings (SSSR count). The van der Waals surface area contributed by atoms with Gasteiger partial charge in [-0.3, -0.25) is 14.4 Å². The summed E-state index contributed by atoms with van der Waals surface area (Å²) in [6.07, 6.45) is 61.8. The predicted molar refractivity (Wildman–Crippen MR) is 321 cm³/mol. The molecule has 6 atom stereocenters. The van der Waals surface area contributed by atoms with Crippen molar-refractivity contribution in [3.63, 3.8) is 0 Å². The summed E-state index contributed by atoms with van der Waals surface area (Å²) in [5.74, 6) is -3.27. The molecule has 1 aliphatic rings. The van der Waals surface area contributed by atoms with Gasteiger partial charge in [-0.15, -0.1) is 0 Å². The molecule has 446 valence electrons. The second-order valence-corrected chi connectivity index (χ2v) is 20.2. The van der Waals surface area contributed by atoms with E-state index < -0.39 is 67.3 Å². The number of aliphatic hydroxyl groups excluding tert-OH is 2. The number of carbonyl (C=O) groups is 4. The molecule has 0 aromatic carbocycles. The second kappa shape index (κ2) is 53.7. The fourth-order valence-corrected chi connectivity index (χ4v) is 8.40. The van der Waals surface area contributed by atoms with Crippen molar-refractivity contribution in [1.29, 1.82) is 0 Å². The van der Waals surface area contributed by atoms with Gasteiger partial charge in [-0.25, -0.2) is 4.79 Å². The summed E-state index contributed by atoms with van der Waals surface area (Å²) >= 11 is 0. The molecule has 79 heavy (non-hydrogen) atoms. The Morgan fingerprint density at radius 3 is 1.27 bits per heavy atom. The molecule has 1 aliphatic heterocycles. The monoisotopic (exact) mass is 1100 g/mol. The lowest BCUT2D eigenvalue weighted by atomic mass is 9.98. The number of hydrogen-bond donors (Lipinski definition) is 3. The van der Waals surface area contributed by atoms with Crippen LogP contribution in [0.5, 0.6) is 0 Å². The third kappa shape index (κ3) is 43.6. The summed E-state index contributed by atoms with van der Waals surface area (Å²) in [5.41, 5.74) is 0. The third-order valence-corrected chi connectivity index (χ3v) is 13.0. The van der Waals surface area contributed by atoms with E-state index in [0.717, 1.165) is 122 Å². The van der Waals surface area contributed by atoms with Crippen LogP contribution in [0.1, 0.15) is 226 Å². The third-order valence-electron chi connectivity index (χ3n) is 13.0. The standard InChI is InChI=1S/C67H106O12/c1-4-7-10-13-16-19-22-25-27-29-30-32-34-37-40-43-46-49-52-55-61(70)78-65-63(72)62(71)64(66(73)74)79-67(65)76-57-58(77-60(69)54-51-48-45-42-39-35-24-21-18-15-12-9-6-3)56-75-59(68)53-50-47-44-41-38-36-33-31-28-26-23-20-17-14-11-8-5-2/h7,9-10,12,16-21,25-28,30,32,35,39,45,48,58,62-65,67,71-72H,4-6,8,11,13-15,22-24,29,31,33-34,36-38,40-44,46-47,49-57H2,1-3H3,(H,73,74)/b10-7-,12-9-,19-16-,20-17-,21-18-,27-25-,28-26-,32-30-,39-35-,48-45-. The molecule has 0 aliphatic carbocycles. The van der Waals surface area contributed by atoms with Gasteiger partial charge in [-0.2, -0.15) is 0 Å². The summed E-state index contributed by atoms with van der Waals surface area (Å²) in [7, 11) is 0. The number of carboxylic acids is 1. The largest absolute Gasteiger partial charge is 0.479 e. The Bertz CT molecular complexity index is 1840. The maximum absolute atomic E-state index is 13.1. The van der Waals surface area contributed by atoms with Gasteiger partial charge in [-0.05, 0) is 116 Å². The minimum absolute atomic E-state index is 0.0292. The minimum atomic E-state index is -1.93. The normalized spacial score (nSPS) is 18.7. The minimum Gasteiger partial charge on any atom is -0.479 e. The van der Waals surface area contributed by atoms with Crippen LogP contribution in [0.15, 0.2) is 122 Å². The van der Waals surface area contributed by atoms with Crippen molar-refractivity contribution in [1.82, 2.24) is 0 Å². The van der Waals surface area contributed by atoms with Gasteiger partial charge in [0.2, 0.25) is 0 Å². The van der Waals surface area contributed by atoms with E-state index in [1.165, 1.54) is 38.5 Å². The van der Waals surface area contributed by atoms with Crippen molar-refractivity contribution in [3.8, 4) is 0 Å². The average Bonchev–Trinajstić information content (AvgIpc) is 3.46. The molecule has 12 nitrogen and oxygen atoms in total. The Morgan fingerprint density at radius 2 is 0.823 bits per heavy atom. The van der Waals surface area contributed by atoms with Crippen molar-refractivity contribution in [2.75, 3.05) is 13.2 Å². The van der Waals surface area contributed by atoms with Gasteiger partial charge >= 0.3 is 23.9 Å². The van der Waals surface area contributed by atoms with Crippen LogP contribution in [-0.2, 0) is 42.9 Å². The summed E-state index contributed by atoms with van der Waals surface area (Å²) in [6.45, 7) is 5.66. The molecule has 6 unspecified atom stereocenters. The summed E-state index contributed by atoms with van der Waals surface area (Å²) in [6, 6.07) is 0. The number of hydrogen-bond acceptors (Lipinski definition) is 11. The van der Waals surface area contributed by atoms with Gasteiger partial charge in [0.25, 0.3) is 0 Å². The summed E-state index contributed by atoms with van der Waals surface area (Å²) < 4.78 is 28.3. The van der Waals surface area contributed by atoms with E-state index in [9.17, 15) is 34.5 Å². The Hall–Kier alpha value is -4.88. The molecule has 0 bridgehead atoms. The lowest BCUT2D eigenvalue weighted by Crippen LogP contribution is -2.61. The van der Waals surface area contributed by atoms with Crippen molar-refractivity contribution >= 4 is 23.9 Å². The lowest BCUT2D eigenvalue weighted by molar-refractivity contribution is -0.301. The van der Waals surface area contributed by atoms with E-state index in [-0.39, 0.29) is 25.9 Å². The van der Waals surface area contributed by atoms with Gasteiger partial charge in [0.05, 0.1) is 6.61 Å². The van der Waals surface area contributed by atoms with E-state index in [2.05, 4.69) is 130 Å². The van der Waals surface area contributed by atoms with Crippen molar-refractivity contribution in [3.05, 3.63) is 122 Å². The summed E-state index contributed by atoms with van der Waals surface area (Å²) in [5, 5.41) is 31.5. The molecule has 1 saturated heterocycles. The van der Waals surface area contributed by atoms with Gasteiger partial charge in [0.1, 0.15) is 18.8 Å². The zero-order chi connectivity index (χ0) is 57.5. The van der Waals surface area contributed by atoms with Crippen LogP contribution >= 0.6 is 0 Å². The van der Waals surface area contributed by atoms with E-state index >= 15 is 0 Å². The molecule has 0 saturated carbocycles. The zero-order valence-corrected chi connectivity index (χ0v) is 49.1. The number of ether oxygens (including phenoxy) is 5. The van der Waals surface area contributed by atoms with Crippen LogP contribution in [0.25, 0.3) is 0 Å². The first kappa shape index (κ1) is 72.1. The van der Waals surface area contributed by atoms with Crippen LogP contribution < -0.4 is 0 Å². The SMILES string of the molecule is CC/C=C\C/C=C\C/C=C\C/C=C\CCCCCCCCC(=O)OC1C(OCC(COC(=O)CCCCCCCCC/C=C\C/C=C\CCCCC)OC(=O)CC/C=C\C/C=C\C/C=C\C/C=C\CC)OC(C(=O)O)C(O)C1O. The van der Waals surface area contributed by atoms with E-state index in [1.807, 2.05) is 12.2 Å². The quantitative estimate of drug-likeness (QED) is 0.0228. The number of rotatable bonds is 50. The molecule has 0 amide bonds. The van der Waals surface area contributed by atoms with Crippen LogP contribution in [0.4, 0.5) is 0 Å². The van der Waals surface area contributed by atoms with E-state index in [4.69, 9.17) is 23.7 Å². The van der Waals surface area contributed by atoms with Gasteiger partial charge in [0.15, 0.2) is 24.6 Å². The molecule has 3 N–H and O–H groups in total. The number of carboxylic acid groups (broad SMARTS) is 1. The number of aliphatic hydroxyl groups is 2. The molecule has 12 heteroatoms. The number of aliphatic carboxylic acids is 1. The fourth-order valence-electron chi connectivity index (χ4n) is 8.40. The van der Waals surface area contributed by atoms with Gasteiger partial charge in [-0.1, -0.05) is 213 Å². The highest BCUT2D eigenvalue weighted by atomic mass is 16.7. The number of carbonyl (C=O) groups excluding carboxylic acids is 3. The molecular formula is C67H106O12. The molecule has 0 spiro atoms. The zero-order valence-electron chi connectivity index (χ0n) is 49.1. The number of allylic oxidation sites excluding steroid dienone is 20. The molecule has 0 radical (unpaired) electrons. The summed E-state index contributed by atoms with van der Waals surface area (Å²) in [4.78, 5) is 51.2. The molecule has 0 aromatic heterocycles. The van der Waals surface area contributed by atoms with Crippen molar-refractivity contribution < 1.29 is 58.2 Å². The highest BCUT2D eigenvalue weighted by Gasteiger charge is 2.50. The molecule has 1 heterocycles. The Kier molecular flexibility index (Phi) is 49.1. The van der Waals surface area contributed by atoms with Crippen LogP contribution in [-0.4, -0.2) is 89.2 Å². The average molecular weight is 1100 g/mol. The molecular weight excluding hydrogens is 997 g/mol. The van der Waals surface area contributed by atoms with Crippen molar-refractivity contribution in [2.24, 2.45) is 0 Å². The Morgan fingerprint density at radius 1 is 0.430 bits per heavy atom. The van der Waals surface area contributed by atoms with Crippen LogP contribution in [0.2, 0.25) is 0 Å². The first-order valence-electron chi connectivity index (χ1n) is 30.5. The van der Waals surface area contributed by atoms with Crippen LogP contribution in [0.3, 0.4) is 0 Å². The van der Waals surface area contributed by atoms with Gasteiger partial charge in [0, 0.05) is 19.3 Å². The Labute approximate surface area is 478 Å².